The molecule has 0 bridgehead atoms. The maximum absolute atomic E-state index is 12.1. The van der Waals surface area contributed by atoms with Crippen molar-refractivity contribution in [3.8, 4) is 5.69 Å². The van der Waals surface area contributed by atoms with Gasteiger partial charge in [0, 0.05) is 5.56 Å². The number of nitrogens with one attached hydrogen (secondary N) is 1. The Kier molecular flexibility index (Phi) is 3.17. The van der Waals surface area contributed by atoms with E-state index in [1.165, 1.54) is 22.3 Å². The second-order valence-electron chi connectivity index (χ2n) is 3.95. The highest BCUT2D eigenvalue weighted by Gasteiger charge is 2.11. The van der Waals surface area contributed by atoms with E-state index in [9.17, 15) is 4.79 Å². The summed E-state index contributed by atoms with van der Waals surface area (Å²) in [4.78, 5) is 12.1. The van der Waals surface area contributed by atoms with Crippen molar-refractivity contribution in [1.82, 2.24) is 30.4 Å². The van der Waals surface area contributed by atoms with Gasteiger partial charge in [-0.25, -0.2) is 4.68 Å². The van der Waals surface area contributed by atoms with Gasteiger partial charge in [0.05, 0.1) is 5.69 Å². The van der Waals surface area contributed by atoms with E-state index in [1.54, 1.807) is 17.6 Å². The molecule has 2 heterocycles. The first-order valence-electron chi connectivity index (χ1n) is 5.65. The molecule has 0 unspecified atom stereocenters. The van der Waals surface area contributed by atoms with Crippen LogP contribution in [0.5, 0.6) is 0 Å². The van der Waals surface area contributed by atoms with Gasteiger partial charge in [0.1, 0.15) is 11.8 Å². The monoisotopic (exact) mass is 287 g/mol. The number of anilines is 1. The number of rotatable bonds is 3. The maximum atomic E-state index is 12.1. The first-order valence-corrected chi connectivity index (χ1v) is 6.53. The number of carbonyl (C=O) groups is 1. The molecule has 9 heteroatoms. The quantitative estimate of drug-likeness (QED) is 0.773. The highest BCUT2D eigenvalue weighted by molar-refractivity contribution is 7.13. The van der Waals surface area contributed by atoms with Crippen molar-refractivity contribution in [2.24, 2.45) is 0 Å². The van der Waals surface area contributed by atoms with Gasteiger partial charge in [0.2, 0.25) is 5.13 Å². The van der Waals surface area contributed by atoms with Gasteiger partial charge >= 0.3 is 0 Å². The Morgan fingerprint density at radius 1 is 1.35 bits per heavy atom. The minimum Gasteiger partial charge on any atom is -0.296 e. The van der Waals surface area contributed by atoms with E-state index in [0.717, 1.165) is 11.3 Å². The molecule has 20 heavy (non-hydrogen) atoms. The number of nitrogens with zero attached hydrogens (tertiary/aromatic N) is 6. The van der Waals surface area contributed by atoms with Gasteiger partial charge in [-0.15, -0.1) is 15.3 Å². The van der Waals surface area contributed by atoms with Crippen LogP contribution in [0, 0.1) is 6.92 Å². The topological polar surface area (TPSA) is 98.5 Å². The van der Waals surface area contributed by atoms with Gasteiger partial charge in [0.15, 0.2) is 0 Å². The van der Waals surface area contributed by atoms with Crippen molar-refractivity contribution in [3.05, 3.63) is 41.2 Å². The summed E-state index contributed by atoms with van der Waals surface area (Å²) in [6.45, 7) is 1.92. The van der Waals surface area contributed by atoms with Crippen molar-refractivity contribution in [2.75, 3.05) is 5.32 Å². The molecule has 3 rings (SSSR count). The van der Waals surface area contributed by atoms with Crippen LogP contribution in [-0.4, -0.2) is 36.3 Å². The maximum Gasteiger partial charge on any atom is 0.257 e. The Morgan fingerprint density at radius 3 is 2.95 bits per heavy atom. The molecule has 0 saturated carbocycles. The minimum atomic E-state index is -0.254. The van der Waals surface area contributed by atoms with Crippen molar-refractivity contribution < 1.29 is 4.79 Å². The molecule has 8 nitrogen and oxygen atoms in total. The number of aryl methyl sites for hydroxylation is 1. The number of hydrogen-bond donors (Lipinski definition) is 1. The average molecular weight is 287 g/mol. The molecule has 2 aromatic heterocycles. The number of benzene rings is 1. The molecule has 0 aliphatic rings. The largest absolute Gasteiger partial charge is 0.296 e. The number of amides is 1. The second-order valence-corrected chi connectivity index (χ2v) is 4.79. The van der Waals surface area contributed by atoms with E-state index in [2.05, 4.69) is 31.0 Å². The predicted molar refractivity (Wildman–Crippen MR) is 71.8 cm³/mol. The van der Waals surface area contributed by atoms with Gasteiger partial charge in [0.25, 0.3) is 5.91 Å². The molecule has 0 fully saturated rings. The van der Waals surface area contributed by atoms with Crippen LogP contribution in [0.25, 0.3) is 5.69 Å². The summed E-state index contributed by atoms with van der Waals surface area (Å²) in [5, 5.41) is 21.6. The third-order valence-electron chi connectivity index (χ3n) is 2.65. The highest BCUT2D eigenvalue weighted by Crippen LogP contribution is 2.16. The zero-order chi connectivity index (χ0) is 13.9. The van der Waals surface area contributed by atoms with E-state index >= 15 is 0 Å². The van der Waals surface area contributed by atoms with Crippen molar-refractivity contribution >= 4 is 22.4 Å². The number of carbonyl (C=O) groups excluding carboxylic acids is 1. The van der Waals surface area contributed by atoms with Gasteiger partial charge in [-0.05, 0) is 35.0 Å². The third kappa shape index (κ3) is 2.38. The average Bonchev–Trinajstić information content (AvgIpc) is 3.11. The van der Waals surface area contributed by atoms with Crippen LogP contribution in [0.15, 0.2) is 30.0 Å². The lowest BCUT2D eigenvalue weighted by Crippen LogP contribution is -2.12. The van der Waals surface area contributed by atoms with E-state index in [-0.39, 0.29) is 5.91 Å². The molecular formula is C11H9N7OS. The number of aromatic nitrogens is 6. The summed E-state index contributed by atoms with van der Waals surface area (Å²) in [6, 6.07) is 5.30. The van der Waals surface area contributed by atoms with Gasteiger partial charge < -0.3 is 0 Å². The number of hydrogen-bond acceptors (Lipinski definition) is 7. The zero-order valence-electron chi connectivity index (χ0n) is 10.4. The Balaban J connectivity index is 1.91. The Morgan fingerprint density at radius 2 is 2.25 bits per heavy atom. The zero-order valence-corrected chi connectivity index (χ0v) is 11.2. The van der Waals surface area contributed by atoms with Crippen molar-refractivity contribution in [2.45, 2.75) is 6.92 Å². The van der Waals surface area contributed by atoms with Crippen LogP contribution >= 0.6 is 11.3 Å². The van der Waals surface area contributed by atoms with Crippen LogP contribution < -0.4 is 5.32 Å². The molecule has 3 aromatic rings. The van der Waals surface area contributed by atoms with E-state index in [1.807, 2.05) is 13.0 Å². The fourth-order valence-corrected chi connectivity index (χ4v) is 2.11. The molecule has 1 aromatic carbocycles. The van der Waals surface area contributed by atoms with Gasteiger partial charge in [-0.3, -0.25) is 10.1 Å². The minimum absolute atomic E-state index is 0.254. The lowest BCUT2D eigenvalue weighted by atomic mass is 10.1. The molecular weight excluding hydrogens is 278 g/mol. The molecule has 0 aliphatic heterocycles. The summed E-state index contributed by atoms with van der Waals surface area (Å²) >= 11 is 1.26. The molecule has 1 amide bonds. The fourth-order valence-electron chi connectivity index (χ4n) is 1.67. The molecule has 0 saturated heterocycles. The summed E-state index contributed by atoms with van der Waals surface area (Å²) in [6.07, 6.45) is 1.48. The third-order valence-corrected chi connectivity index (χ3v) is 3.25. The predicted octanol–water partition coefficient (Wildman–Crippen LogP) is 1.07. The second kappa shape index (κ2) is 5.13. The molecule has 0 atom stereocenters. The lowest BCUT2D eigenvalue weighted by Gasteiger charge is -2.07. The smallest absolute Gasteiger partial charge is 0.257 e. The molecule has 0 radical (unpaired) electrons. The van der Waals surface area contributed by atoms with E-state index < -0.39 is 0 Å². The van der Waals surface area contributed by atoms with Crippen LogP contribution in [-0.2, 0) is 0 Å². The van der Waals surface area contributed by atoms with E-state index in [0.29, 0.717) is 10.7 Å². The van der Waals surface area contributed by atoms with Crippen LogP contribution in [0.3, 0.4) is 0 Å². The Bertz CT molecular complexity index is 723. The Labute approximate surface area is 117 Å². The van der Waals surface area contributed by atoms with Crippen LogP contribution in [0.4, 0.5) is 5.13 Å². The standard InChI is InChI=1S/C11H9N7OS/c1-7-2-3-8(4-9(7)18-5-12-16-17-18)10(19)14-11-15-13-6-20-11/h2-6H,1H3,(H,14,15,19). The fraction of sp³-hybridized carbons (Fsp3) is 0.0909. The summed E-state index contributed by atoms with van der Waals surface area (Å²) in [5.41, 5.74) is 3.76. The van der Waals surface area contributed by atoms with Crippen molar-refractivity contribution in [1.29, 1.82) is 0 Å². The van der Waals surface area contributed by atoms with E-state index in [4.69, 9.17) is 0 Å². The normalized spacial score (nSPS) is 10.4. The van der Waals surface area contributed by atoms with Crippen LogP contribution in [0.2, 0.25) is 0 Å². The van der Waals surface area contributed by atoms with Crippen molar-refractivity contribution in [3.63, 3.8) is 0 Å². The first kappa shape index (κ1) is 12.4. The first-order chi connectivity index (χ1) is 9.74. The summed E-state index contributed by atoms with van der Waals surface area (Å²) in [5.74, 6) is -0.254. The molecule has 0 spiro atoms. The Hall–Kier alpha value is -2.68. The van der Waals surface area contributed by atoms with Gasteiger partial charge in [-0.2, -0.15) is 0 Å². The highest BCUT2D eigenvalue weighted by atomic mass is 32.1. The lowest BCUT2D eigenvalue weighted by molar-refractivity contribution is 0.102. The summed E-state index contributed by atoms with van der Waals surface area (Å²) < 4.78 is 1.51. The van der Waals surface area contributed by atoms with Gasteiger partial charge in [-0.1, -0.05) is 17.4 Å². The summed E-state index contributed by atoms with van der Waals surface area (Å²) in [7, 11) is 0. The van der Waals surface area contributed by atoms with Crippen LogP contribution in [0.1, 0.15) is 15.9 Å². The number of tetrazole rings is 1. The SMILES string of the molecule is Cc1ccc(C(=O)Nc2nncs2)cc1-n1cnnn1. The molecule has 100 valence electrons. The molecule has 0 aliphatic carbocycles. The molecule has 1 N–H and O–H groups in total.